The Labute approximate surface area is 111 Å². The van der Waals surface area contributed by atoms with Gasteiger partial charge in [0.05, 0.1) is 11.7 Å². The number of pyridine rings is 2. The van der Waals surface area contributed by atoms with Gasteiger partial charge >= 0.3 is 0 Å². The zero-order valence-corrected chi connectivity index (χ0v) is 10.7. The van der Waals surface area contributed by atoms with Crippen molar-refractivity contribution in [3.8, 4) is 11.4 Å². The van der Waals surface area contributed by atoms with Crippen LogP contribution in [0.3, 0.4) is 0 Å². The summed E-state index contributed by atoms with van der Waals surface area (Å²) >= 11 is 0. The lowest BCUT2D eigenvalue weighted by Gasteiger charge is -2.07. The number of aromatic nitrogens is 4. The summed E-state index contributed by atoms with van der Waals surface area (Å²) in [5.41, 5.74) is 8.61. The maximum Gasteiger partial charge on any atom is 0.142 e. The number of rotatable bonds is 3. The van der Waals surface area contributed by atoms with Crippen molar-refractivity contribution in [3.05, 3.63) is 36.8 Å². The van der Waals surface area contributed by atoms with E-state index in [-0.39, 0.29) is 0 Å². The van der Waals surface area contributed by atoms with E-state index >= 15 is 0 Å². The monoisotopic (exact) mass is 253 g/mol. The Kier molecular flexibility index (Phi) is 2.87. The number of imidazole rings is 1. The van der Waals surface area contributed by atoms with Crippen LogP contribution in [0, 0.1) is 0 Å². The van der Waals surface area contributed by atoms with Gasteiger partial charge in [0, 0.05) is 24.5 Å². The summed E-state index contributed by atoms with van der Waals surface area (Å²) in [5.74, 6) is 1.43. The molecule has 19 heavy (non-hydrogen) atoms. The van der Waals surface area contributed by atoms with Gasteiger partial charge in [-0.05, 0) is 24.6 Å². The first kappa shape index (κ1) is 11.6. The molecule has 0 saturated heterocycles. The first-order chi connectivity index (χ1) is 9.29. The molecule has 5 heteroatoms. The Morgan fingerprint density at radius 2 is 2.11 bits per heavy atom. The zero-order chi connectivity index (χ0) is 13.2. The summed E-state index contributed by atoms with van der Waals surface area (Å²) in [6.07, 6.45) is 6.39. The summed E-state index contributed by atoms with van der Waals surface area (Å²) in [4.78, 5) is 12.9. The number of nitrogens with zero attached hydrogens (tertiary/aromatic N) is 4. The largest absolute Gasteiger partial charge is 0.384 e. The van der Waals surface area contributed by atoms with Gasteiger partial charge in [0.2, 0.25) is 0 Å². The average molecular weight is 253 g/mol. The summed E-state index contributed by atoms with van der Waals surface area (Å²) in [6, 6.07) is 5.73. The number of aryl methyl sites for hydroxylation is 1. The van der Waals surface area contributed by atoms with E-state index in [9.17, 15) is 0 Å². The molecule has 0 saturated carbocycles. The van der Waals surface area contributed by atoms with E-state index < -0.39 is 0 Å². The molecule has 0 radical (unpaired) electrons. The fourth-order valence-corrected chi connectivity index (χ4v) is 2.19. The third kappa shape index (κ3) is 2.03. The number of fused-ring (bicyclic) bond motifs is 1. The number of hydrogen-bond acceptors (Lipinski definition) is 4. The van der Waals surface area contributed by atoms with Crippen LogP contribution in [0.2, 0.25) is 0 Å². The van der Waals surface area contributed by atoms with Gasteiger partial charge < -0.3 is 10.3 Å². The molecular weight excluding hydrogens is 238 g/mol. The van der Waals surface area contributed by atoms with Crippen molar-refractivity contribution in [1.82, 2.24) is 19.5 Å². The molecule has 3 aromatic heterocycles. The van der Waals surface area contributed by atoms with Crippen molar-refractivity contribution in [2.45, 2.75) is 19.9 Å². The molecule has 3 aromatic rings. The van der Waals surface area contributed by atoms with Crippen molar-refractivity contribution < 1.29 is 0 Å². The highest BCUT2D eigenvalue weighted by Crippen LogP contribution is 2.24. The highest BCUT2D eigenvalue weighted by molar-refractivity contribution is 5.79. The van der Waals surface area contributed by atoms with Gasteiger partial charge in [-0.1, -0.05) is 6.92 Å². The van der Waals surface area contributed by atoms with Gasteiger partial charge in [0.15, 0.2) is 0 Å². The molecule has 0 aromatic carbocycles. The van der Waals surface area contributed by atoms with Gasteiger partial charge in [0.1, 0.15) is 17.2 Å². The van der Waals surface area contributed by atoms with E-state index in [2.05, 4.69) is 26.4 Å². The fourth-order valence-electron chi connectivity index (χ4n) is 2.19. The third-order valence-corrected chi connectivity index (χ3v) is 3.04. The summed E-state index contributed by atoms with van der Waals surface area (Å²) < 4.78 is 2.20. The Balaban J connectivity index is 2.21. The van der Waals surface area contributed by atoms with E-state index in [1.165, 1.54) is 0 Å². The molecule has 0 amide bonds. The molecule has 3 heterocycles. The highest BCUT2D eigenvalue weighted by atomic mass is 15.1. The predicted molar refractivity (Wildman–Crippen MR) is 75.5 cm³/mol. The van der Waals surface area contributed by atoms with Crippen LogP contribution in [0.25, 0.3) is 22.4 Å². The third-order valence-electron chi connectivity index (χ3n) is 3.04. The van der Waals surface area contributed by atoms with Crippen LogP contribution in [0.15, 0.2) is 36.8 Å². The van der Waals surface area contributed by atoms with E-state index in [1.54, 1.807) is 24.7 Å². The lowest BCUT2D eigenvalue weighted by atomic mass is 10.2. The van der Waals surface area contributed by atoms with Crippen LogP contribution in [0.4, 0.5) is 5.82 Å². The average Bonchev–Trinajstić information content (AvgIpc) is 2.79. The number of anilines is 1. The Hall–Kier alpha value is -2.43. The molecule has 0 bridgehead atoms. The van der Waals surface area contributed by atoms with Crippen LogP contribution in [-0.4, -0.2) is 19.5 Å². The maximum atomic E-state index is 5.63. The van der Waals surface area contributed by atoms with Crippen LogP contribution in [-0.2, 0) is 6.54 Å². The molecule has 0 aliphatic heterocycles. The SMILES string of the molecule is CCCn1c(-c2ccc(N)nc2)nc2cnccc21. The second-order valence-electron chi connectivity index (χ2n) is 4.42. The van der Waals surface area contributed by atoms with Crippen molar-refractivity contribution in [2.75, 3.05) is 5.73 Å². The van der Waals surface area contributed by atoms with Gasteiger partial charge in [-0.15, -0.1) is 0 Å². The normalized spacial score (nSPS) is 11.0. The van der Waals surface area contributed by atoms with Crippen LogP contribution < -0.4 is 5.73 Å². The van der Waals surface area contributed by atoms with E-state index in [0.717, 1.165) is 35.4 Å². The van der Waals surface area contributed by atoms with Gasteiger partial charge in [-0.3, -0.25) is 4.98 Å². The van der Waals surface area contributed by atoms with Crippen molar-refractivity contribution in [1.29, 1.82) is 0 Å². The van der Waals surface area contributed by atoms with Crippen molar-refractivity contribution >= 4 is 16.9 Å². The smallest absolute Gasteiger partial charge is 0.142 e. The van der Waals surface area contributed by atoms with Crippen LogP contribution >= 0.6 is 0 Å². The molecule has 2 N–H and O–H groups in total. The summed E-state index contributed by atoms with van der Waals surface area (Å²) in [7, 11) is 0. The lowest BCUT2D eigenvalue weighted by Crippen LogP contribution is -2.00. The minimum Gasteiger partial charge on any atom is -0.384 e. The molecule has 0 spiro atoms. The number of nitrogens with two attached hydrogens (primary N) is 1. The molecule has 0 unspecified atom stereocenters. The molecule has 96 valence electrons. The number of nitrogen functional groups attached to an aromatic ring is 1. The Bertz CT molecular complexity index is 699. The quantitative estimate of drug-likeness (QED) is 0.778. The lowest BCUT2D eigenvalue weighted by molar-refractivity contribution is 0.704. The Morgan fingerprint density at radius 1 is 1.21 bits per heavy atom. The second-order valence-corrected chi connectivity index (χ2v) is 4.42. The molecule has 5 nitrogen and oxygen atoms in total. The topological polar surface area (TPSA) is 69.6 Å². The zero-order valence-electron chi connectivity index (χ0n) is 10.7. The van der Waals surface area contributed by atoms with Gasteiger partial charge in [0.25, 0.3) is 0 Å². The number of hydrogen-bond donors (Lipinski definition) is 1. The Morgan fingerprint density at radius 3 is 2.84 bits per heavy atom. The van der Waals surface area contributed by atoms with E-state index in [0.29, 0.717) is 5.82 Å². The minimum absolute atomic E-state index is 0.517. The van der Waals surface area contributed by atoms with E-state index in [4.69, 9.17) is 5.73 Å². The standard InChI is InChI=1S/C14H15N5/c1-2-7-19-12-5-6-16-9-11(12)18-14(19)10-3-4-13(15)17-8-10/h3-6,8-9H,2,7H2,1H3,(H2,15,17). The first-order valence-corrected chi connectivity index (χ1v) is 6.31. The fraction of sp³-hybridized carbons (Fsp3) is 0.214. The van der Waals surface area contributed by atoms with Gasteiger partial charge in [-0.2, -0.15) is 0 Å². The molecule has 0 aliphatic carbocycles. The van der Waals surface area contributed by atoms with Crippen molar-refractivity contribution in [2.24, 2.45) is 0 Å². The van der Waals surface area contributed by atoms with Crippen LogP contribution in [0.5, 0.6) is 0 Å². The van der Waals surface area contributed by atoms with Gasteiger partial charge in [-0.25, -0.2) is 9.97 Å². The van der Waals surface area contributed by atoms with E-state index in [1.807, 2.05) is 12.1 Å². The predicted octanol–water partition coefficient (Wildman–Crippen LogP) is 2.49. The molecule has 0 atom stereocenters. The molecular formula is C14H15N5. The molecule has 0 aliphatic rings. The minimum atomic E-state index is 0.517. The van der Waals surface area contributed by atoms with Crippen molar-refractivity contribution in [3.63, 3.8) is 0 Å². The second kappa shape index (κ2) is 4.68. The first-order valence-electron chi connectivity index (χ1n) is 6.31. The molecule has 0 fully saturated rings. The summed E-state index contributed by atoms with van der Waals surface area (Å²) in [5, 5.41) is 0. The maximum absolute atomic E-state index is 5.63. The van der Waals surface area contributed by atoms with Crippen LogP contribution in [0.1, 0.15) is 13.3 Å². The summed E-state index contributed by atoms with van der Waals surface area (Å²) in [6.45, 7) is 3.07. The molecule has 3 rings (SSSR count). The highest BCUT2D eigenvalue weighted by Gasteiger charge is 2.12.